The highest BCUT2D eigenvalue weighted by Crippen LogP contribution is 2.28. The smallest absolute Gasteiger partial charge is 0.271 e. The average molecular weight is 167 g/mol. The lowest BCUT2D eigenvalue weighted by molar-refractivity contribution is 0.472. The lowest BCUT2D eigenvalue weighted by Gasteiger charge is -1.87. The Morgan fingerprint density at radius 1 is 1.27 bits per heavy atom. The first-order chi connectivity index (χ1) is 5.25. The highest BCUT2D eigenvalue weighted by Gasteiger charge is 2.01. The zero-order valence-corrected chi connectivity index (χ0v) is 6.30. The first kappa shape index (κ1) is 6.42. The summed E-state index contributed by atoms with van der Waals surface area (Å²) in [7, 11) is 0. The predicted molar refractivity (Wildman–Crippen MR) is 42.9 cm³/mol. The minimum absolute atomic E-state index is 0.0330. The number of aromatic hydroxyl groups is 2. The topological polar surface area (TPSA) is 53.4 Å². The van der Waals surface area contributed by atoms with Gasteiger partial charge in [0.2, 0.25) is 0 Å². The second-order valence-electron chi connectivity index (χ2n) is 2.15. The fraction of sp³-hybridized carbons (Fsp3) is 0. The molecular formula is C7H5NO2S. The van der Waals surface area contributed by atoms with E-state index in [-0.39, 0.29) is 10.9 Å². The molecule has 0 spiro atoms. The summed E-state index contributed by atoms with van der Waals surface area (Å²) in [6.07, 6.45) is 0. The van der Waals surface area contributed by atoms with Crippen LogP contribution in [0.15, 0.2) is 18.2 Å². The normalized spacial score (nSPS) is 10.5. The van der Waals surface area contributed by atoms with Gasteiger partial charge in [-0.2, -0.15) is 0 Å². The van der Waals surface area contributed by atoms with Crippen molar-refractivity contribution in [1.82, 2.24) is 4.98 Å². The van der Waals surface area contributed by atoms with Crippen molar-refractivity contribution >= 4 is 21.6 Å². The van der Waals surface area contributed by atoms with Crippen LogP contribution in [0.2, 0.25) is 0 Å². The van der Waals surface area contributed by atoms with Crippen LogP contribution in [0, 0.1) is 0 Å². The molecule has 4 heteroatoms. The molecule has 2 aromatic rings. The molecule has 56 valence electrons. The number of thiazole rings is 1. The van der Waals surface area contributed by atoms with Crippen LogP contribution in [-0.2, 0) is 0 Å². The first-order valence-electron chi connectivity index (χ1n) is 3.04. The molecule has 0 unspecified atom stereocenters. The Bertz CT molecular complexity index is 396. The van der Waals surface area contributed by atoms with E-state index in [0.29, 0.717) is 5.52 Å². The molecule has 1 aromatic carbocycles. The second kappa shape index (κ2) is 2.10. The molecule has 0 bridgehead atoms. The zero-order valence-electron chi connectivity index (χ0n) is 5.48. The molecule has 0 atom stereocenters. The molecule has 0 aliphatic heterocycles. The van der Waals surface area contributed by atoms with E-state index < -0.39 is 0 Å². The number of aromatic nitrogens is 1. The number of phenols is 1. The minimum Gasteiger partial charge on any atom is -0.508 e. The molecular weight excluding hydrogens is 162 g/mol. The first-order valence-corrected chi connectivity index (χ1v) is 3.86. The molecule has 11 heavy (non-hydrogen) atoms. The molecule has 1 heterocycles. The average Bonchev–Trinajstić information content (AvgIpc) is 2.27. The fourth-order valence-electron chi connectivity index (χ4n) is 0.901. The maximum Gasteiger partial charge on any atom is 0.271 e. The van der Waals surface area contributed by atoms with Crippen molar-refractivity contribution in [2.24, 2.45) is 0 Å². The van der Waals surface area contributed by atoms with Crippen LogP contribution < -0.4 is 0 Å². The van der Waals surface area contributed by atoms with E-state index >= 15 is 0 Å². The largest absolute Gasteiger partial charge is 0.508 e. The lowest BCUT2D eigenvalue weighted by Crippen LogP contribution is -1.65. The molecule has 0 aliphatic carbocycles. The molecule has 3 nitrogen and oxygen atoms in total. The molecule has 0 saturated heterocycles. The molecule has 0 amide bonds. The summed E-state index contributed by atoms with van der Waals surface area (Å²) in [5.41, 5.74) is 0.713. The highest BCUT2D eigenvalue weighted by molar-refractivity contribution is 7.20. The summed E-state index contributed by atoms with van der Waals surface area (Å²) >= 11 is 1.15. The van der Waals surface area contributed by atoms with Crippen LogP contribution in [0.5, 0.6) is 10.9 Å². The number of nitrogens with zero attached hydrogens (tertiary/aromatic N) is 1. The Morgan fingerprint density at radius 2 is 2.09 bits per heavy atom. The van der Waals surface area contributed by atoms with Gasteiger partial charge in [0, 0.05) is 0 Å². The maximum atomic E-state index is 9.04. The second-order valence-corrected chi connectivity index (χ2v) is 3.16. The summed E-state index contributed by atoms with van der Waals surface area (Å²) in [6, 6.07) is 4.79. The van der Waals surface area contributed by atoms with Gasteiger partial charge < -0.3 is 10.2 Å². The number of benzene rings is 1. The standard InChI is InChI=1S/C7H5NO2S/c9-4-1-2-5-6(3-4)11-7(10)8-5/h1-3,9H,(H,8,10). The Labute approximate surface area is 66.6 Å². The van der Waals surface area contributed by atoms with Crippen LogP contribution in [0.1, 0.15) is 0 Å². The predicted octanol–water partition coefficient (Wildman–Crippen LogP) is 1.71. The van der Waals surface area contributed by atoms with Crippen molar-refractivity contribution in [1.29, 1.82) is 0 Å². The summed E-state index contributed by atoms with van der Waals surface area (Å²) in [5, 5.41) is 18.0. The van der Waals surface area contributed by atoms with Crippen molar-refractivity contribution in [3.63, 3.8) is 0 Å². The minimum atomic E-state index is 0.0330. The van der Waals surface area contributed by atoms with Gasteiger partial charge in [0.15, 0.2) is 0 Å². The van der Waals surface area contributed by atoms with Crippen molar-refractivity contribution < 1.29 is 10.2 Å². The molecule has 0 saturated carbocycles. The lowest BCUT2D eigenvalue weighted by atomic mass is 10.3. The quantitative estimate of drug-likeness (QED) is 0.628. The molecule has 0 fully saturated rings. The summed E-state index contributed by atoms with van der Waals surface area (Å²) in [6.45, 7) is 0. The number of rotatable bonds is 0. The van der Waals surface area contributed by atoms with Gasteiger partial charge in [0.25, 0.3) is 5.19 Å². The summed E-state index contributed by atoms with van der Waals surface area (Å²) in [5.74, 6) is 0.196. The van der Waals surface area contributed by atoms with Crippen molar-refractivity contribution in [2.45, 2.75) is 0 Å². The Kier molecular flexibility index (Phi) is 1.22. The number of hydrogen-bond donors (Lipinski definition) is 2. The summed E-state index contributed by atoms with van der Waals surface area (Å²) in [4.78, 5) is 3.82. The Hall–Kier alpha value is -1.29. The van der Waals surface area contributed by atoms with Gasteiger partial charge in [-0.1, -0.05) is 11.3 Å². The third-order valence-electron chi connectivity index (χ3n) is 1.36. The van der Waals surface area contributed by atoms with E-state index in [0.717, 1.165) is 16.0 Å². The van der Waals surface area contributed by atoms with Crippen molar-refractivity contribution in [3.05, 3.63) is 18.2 Å². The van der Waals surface area contributed by atoms with E-state index in [2.05, 4.69) is 4.98 Å². The number of phenolic OH excluding ortho intramolecular Hbond substituents is 1. The van der Waals surface area contributed by atoms with E-state index in [1.54, 1.807) is 18.2 Å². The van der Waals surface area contributed by atoms with Gasteiger partial charge in [-0.25, -0.2) is 4.98 Å². The third kappa shape index (κ3) is 1.01. The molecule has 0 radical (unpaired) electrons. The van der Waals surface area contributed by atoms with Crippen molar-refractivity contribution in [2.75, 3.05) is 0 Å². The number of hydrogen-bond acceptors (Lipinski definition) is 4. The maximum absolute atomic E-state index is 9.04. The number of fused-ring (bicyclic) bond motifs is 1. The molecule has 2 N–H and O–H groups in total. The molecule has 0 aliphatic rings. The van der Waals surface area contributed by atoms with Gasteiger partial charge in [0.05, 0.1) is 10.2 Å². The SMILES string of the molecule is Oc1ccc2nc(O)sc2c1. The van der Waals surface area contributed by atoms with Crippen LogP contribution >= 0.6 is 11.3 Å². The Morgan fingerprint density at radius 3 is 2.91 bits per heavy atom. The van der Waals surface area contributed by atoms with E-state index in [9.17, 15) is 0 Å². The monoisotopic (exact) mass is 167 g/mol. The van der Waals surface area contributed by atoms with Crippen LogP contribution in [0.3, 0.4) is 0 Å². The zero-order chi connectivity index (χ0) is 7.84. The van der Waals surface area contributed by atoms with Crippen LogP contribution in [0.4, 0.5) is 0 Å². The van der Waals surface area contributed by atoms with E-state index in [1.807, 2.05) is 0 Å². The van der Waals surface area contributed by atoms with Crippen molar-refractivity contribution in [3.8, 4) is 10.9 Å². The van der Waals surface area contributed by atoms with Gasteiger partial charge in [-0.05, 0) is 18.2 Å². The molecule has 2 rings (SSSR count). The van der Waals surface area contributed by atoms with Gasteiger partial charge >= 0.3 is 0 Å². The highest BCUT2D eigenvalue weighted by atomic mass is 32.1. The molecule has 1 aromatic heterocycles. The van der Waals surface area contributed by atoms with Gasteiger partial charge in [0.1, 0.15) is 5.75 Å². The van der Waals surface area contributed by atoms with E-state index in [4.69, 9.17) is 10.2 Å². The van der Waals surface area contributed by atoms with E-state index in [1.165, 1.54) is 0 Å². The van der Waals surface area contributed by atoms with Gasteiger partial charge in [-0.3, -0.25) is 0 Å². The Balaban J connectivity index is 2.82. The summed E-state index contributed by atoms with van der Waals surface area (Å²) < 4.78 is 0.794. The third-order valence-corrected chi connectivity index (χ3v) is 2.18. The fourth-order valence-corrected chi connectivity index (χ4v) is 1.64. The van der Waals surface area contributed by atoms with Crippen LogP contribution in [-0.4, -0.2) is 15.2 Å². The van der Waals surface area contributed by atoms with Crippen LogP contribution in [0.25, 0.3) is 10.2 Å². The van der Waals surface area contributed by atoms with Gasteiger partial charge in [-0.15, -0.1) is 0 Å².